The first-order valence-electron chi connectivity index (χ1n) is 13.1. The summed E-state index contributed by atoms with van der Waals surface area (Å²) in [5.74, 6) is 0.286. The number of amides is 1. The molecule has 1 aromatic heterocycles. The van der Waals surface area contributed by atoms with E-state index in [0.717, 1.165) is 18.9 Å². The maximum absolute atomic E-state index is 12.5. The first-order valence-corrected chi connectivity index (χ1v) is 13.1. The molecule has 2 fully saturated rings. The highest BCUT2D eigenvalue weighted by molar-refractivity contribution is 6.06. The lowest BCUT2D eigenvalue weighted by atomic mass is 10.0. The summed E-state index contributed by atoms with van der Waals surface area (Å²) in [7, 11) is 0. The number of hydrogen-bond donors (Lipinski definition) is 8. The van der Waals surface area contributed by atoms with Crippen LogP contribution >= 0.6 is 0 Å². The molecule has 3 aromatic rings. The highest BCUT2D eigenvalue weighted by Crippen LogP contribution is 2.26. The van der Waals surface area contributed by atoms with Crippen LogP contribution < -0.4 is 43.4 Å². The van der Waals surface area contributed by atoms with Gasteiger partial charge in [-0.05, 0) is 49.2 Å². The third kappa shape index (κ3) is 6.48. The highest BCUT2D eigenvalue weighted by Gasteiger charge is 2.28. The monoisotopic (exact) mass is 549 g/mol. The van der Waals surface area contributed by atoms with E-state index in [-0.39, 0.29) is 41.2 Å². The zero-order valence-corrected chi connectivity index (χ0v) is 21.9. The smallest absolute Gasteiger partial charge is 0.259 e. The predicted molar refractivity (Wildman–Crippen MR) is 153 cm³/mol. The number of nitrogens with zero attached hydrogens (tertiary/aromatic N) is 5. The second kappa shape index (κ2) is 11.5. The number of aromatic nitrogens is 3. The minimum absolute atomic E-state index is 0.0412. The molecule has 2 aliphatic heterocycles. The van der Waals surface area contributed by atoms with Gasteiger partial charge in [0.15, 0.2) is 0 Å². The molecule has 2 saturated heterocycles. The molecule has 14 heteroatoms. The van der Waals surface area contributed by atoms with E-state index in [1.807, 2.05) is 9.80 Å². The third-order valence-electron chi connectivity index (χ3n) is 6.83. The van der Waals surface area contributed by atoms with Crippen LogP contribution in [0.25, 0.3) is 0 Å². The Labute approximate surface area is 231 Å². The second-order valence-corrected chi connectivity index (χ2v) is 10.4. The van der Waals surface area contributed by atoms with Crippen LogP contribution in [0, 0.1) is 0 Å². The van der Waals surface area contributed by atoms with Crippen LogP contribution in [0.2, 0.25) is 0 Å². The number of benzene rings is 2. The molecule has 0 radical (unpaired) electrons. The van der Waals surface area contributed by atoms with E-state index in [2.05, 4.69) is 20.6 Å². The number of rotatable bonds is 6. The van der Waals surface area contributed by atoms with Crippen molar-refractivity contribution in [2.45, 2.75) is 37.0 Å². The number of carbonyl (C=O) groups excluding carboxylic acids is 1. The van der Waals surface area contributed by atoms with Crippen molar-refractivity contribution >= 4 is 35.1 Å². The molecular formula is C26H35N11O3. The summed E-state index contributed by atoms with van der Waals surface area (Å²) in [5, 5.41) is 25.3. The Kier molecular flexibility index (Phi) is 7.84. The Morgan fingerprint density at radius 2 is 1.25 bits per heavy atom. The molecule has 0 aliphatic carbocycles. The van der Waals surface area contributed by atoms with E-state index >= 15 is 0 Å². The Bertz CT molecular complexity index is 1290. The normalized spacial score (nSPS) is 23.1. The minimum Gasteiger partial charge on any atom is -0.508 e. The van der Waals surface area contributed by atoms with E-state index in [9.17, 15) is 15.0 Å². The maximum Gasteiger partial charge on any atom is 0.259 e. The van der Waals surface area contributed by atoms with Gasteiger partial charge >= 0.3 is 0 Å². The molecule has 12 N–H and O–H groups in total. The van der Waals surface area contributed by atoms with Crippen LogP contribution in [-0.2, 0) is 0 Å². The molecule has 0 bridgehead atoms. The van der Waals surface area contributed by atoms with Gasteiger partial charge in [-0.1, -0.05) is 0 Å². The molecule has 212 valence electrons. The molecule has 0 spiro atoms. The summed E-state index contributed by atoms with van der Waals surface area (Å²) in [6.45, 7) is 2.28. The predicted octanol–water partition coefficient (Wildman–Crippen LogP) is 0.00810. The lowest BCUT2D eigenvalue weighted by Gasteiger charge is -2.37. The maximum atomic E-state index is 12.5. The van der Waals surface area contributed by atoms with Gasteiger partial charge in [0.05, 0.1) is 5.56 Å². The summed E-state index contributed by atoms with van der Waals surface area (Å²) >= 11 is 0. The molecule has 40 heavy (non-hydrogen) atoms. The minimum atomic E-state index is -0.513. The van der Waals surface area contributed by atoms with Gasteiger partial charge in [-0.25, -0.2) is 0 Å². The van der Waals surface area contributed by atoms with Crippen LogP contribution in [0.3, 0.4) is 0 Å². The zero-order chi connectivity index (χ0) is 28.4. The Morgan fingerprint density at radius 1 is 0.750 bits per heavy atom. The fraction of sp³-hybridized carbons (Fsp3) is 0.385. The van der Waals surface area contributed by atoms with Gasteiger partial charge in [-0.3, -0.25) is 4.79 Å². The number of piperidine rings is 2. The van der Waals surface area contributed by atoms with Crippen LogP contribution in [0.15, 0.2) is 42.5 Å². The van der Waals surface area contributed by atoms with Gasteiger partial charge in [0, 0.05) is 67.8 Å². The quantitative estimate of drug-likeness (QED) is 0.203. The fourth-order valence-electron chi connectivity index (χ4n) is 5.05. The lowest BCUT2D eigenvalue weighted by Crippen LogP contribution is -2.54. The number of phenolic OH excluding ortho intramolecular Hbond substituents is 2. The zero-order valence-electron chi connectivity index (χ0n) is 21.9. The summed E-state index contributed by atoms with van der Waals surface area (Å²) < 4.78 is 0. The molecule has 0 saturated carbocycles. The highest BCUT2D eigenvalue weighted by atomic mass is 16.3. The van der Waals surface area contributed by atoms with E-state index in [4.69, 9.17) is 27.9 Å². The van der Waals surface area contributed by atoms with Crippen molar-refractivity contribution in [3.8, 4) is 11.5 Å². The first-order chi connectivity index (χ1) is 19.1. The number of phenols is 2. The van der Waals surface area contributed by atoms with Gasteiger partial charge < -0.3 is 53.6 Å². The Hall–Kier alpha value is -4.24. The average molecular weight is 550 g/mol. The summed E-state index contributed by atoms with van der Waals surface area (Å²) in [4.78, 5) is 30.5. The second-order valence-electron chi connectivity index (χ2n) is 10.4. The van der Waals surface area contributed by atoms with E-state index in [1.165, 1.54) is 12.1 Å². The van der Waals surface area contributed by atoms with Crippen LogP contribution in [0.4, 0.5) is 29.2 Å². The van der Waals surface area contributed by atoms with Crippen molar-refractivity contribution in [3.63, 3.8) is 0 Å². The number of carbonyl (C=O) groups is 1. The van der Waals surface area contributed by atoms with E-state index < -0.39 is 5.91 Å². The van der Waals surface area contributed by atoms with E-state index in [0.29, 0.717) is 55.4 Å². The van der Waals surface area contributed by atoms with Gasteiger partial charge in [0.2, 0.25) is 17.8 Å². The topological polar surface area (TPSA) is 231 Å². The number of anilines is 5. The van der Waals surface area contributed by atoms with Gasteiger partial charge in [0.25, 0.3) is 5.91 Å². The Balaban J connectivity index is 1.36. The van der Waals surface area contributed by atoms with Gasteiger partial charge in [-0.2, -0.15) is 15.0 Å². The molecule has 14 nitrogen and oxygen atoms in total. The average Bonchev–Trinajstić information content (AvgIpc) is 2.88. The molecule has 4 atom stereocenters. The molecule has 2 aromatic carbocycles. The molecule has 0 unspecified atom stereocenters. The fourth-order valence-corrected chi connectivity index (χ4v) is 5.05. The van der Waals surface area contributed by atoms with Crippen molar-refractivity contribution in [3.05, 3.63) is 48.0 Å². The van der Waals surface area contributed by atoms with Crippen molar-refractivity contribution < 1.29 is 15.0 Å². The van der Waals surface area contributed by atoms with Gasteiger partial charge in [-0.15, -0.1) is 0 Å². The number of hydrogen-bond acceptors (Lipinski definition) is 13. The molecule has 5 rings (SSSR count). The summed E-state index contributed by atoms with van der Waals surface area (Å²) in [6.07, 6.45) is 1.45. The third-order valence-corrected chi connectivity index (χ3v) is 6.83. The largest absolute Gasteiger partial charge is 0.508 e. The molecule has 3 heterocycles. The Morgan fingerprint density at radius 3 is 1.75 bits per heavy atom. The molecule has 1 amide bonds. The SMILES string of the molecule is N[C@@H]1C[C@H](N)CN(c2nc(Nc3ccc(NC(=O)c4ccc(O)cc4O)cc3)nc(N3C[C@H](N)C[C@H](N)C3)n2)C1. The number of nitrogens with two attached hydrogens (primary N) is 4. The van der Waals surface area contributed by atoms with Crippen molar-refractivity contribution in [1.29, 1.82) is 0 Å². The van der Waals surface area contributed by atoms with Crippen molar-refractivity contribution in [2.75, 3.05) is 46.6 Å². The van der Waals surface area contributed by atoms with Crippen molar-refractivity contribution in [2.24, 2.45) is 22.9 Å². The molecule has 2 aliphatic rings. The first kappa shape index (κ1) is 27.3. The standard InChI is InChI=1S/C26H35N11O3/c27-14-7-15(28)11-36(10-14)25-33-24(34-26(35-25)37-12-16(29)8-17(30)13-37)32-19-3-1-18(2-4-19)31-23(40)21-6-5-20(38)9-22(21)39/h1-6,9,14-17,38-39H,7-8,10-13,27-30H2,(H,31,40)(H,32,33,34,35)/t14-,15+,16-,17+. The lowest BCUT2D eigenvalue weighted by molar-refractivity contribution is 0.102. The van der Waals surface area contributed by atoms with Crippen LogP contribution in [0.5, 0.6) is 11.5 Å². The van der Waals surface area contributed by atoms with Gasteiger partial charge in [0.1, 0.15) is 11.5 Å². The summed E-state index contributed by atoms with van der Waals surface area (Å²) in [6, 6.07) is 10.3. The number of nitrogens with one attached hydrogen (secondary N) is 2. The summed E-state index contributed by atoms with van der Waals surface area (Å²) in [5.41, 5.74) is 26.1. The molecular weight excluding hydrogens is 514 g/mol. The van der Waals surface area contributed by atoms with Crippen LogP contribution in [0.1, 0.15) is 23.2 Å². The van der Waals surface area contributed by atoms with Crippen molar-refractivity contribution in [1.82, 2.24) is 15.0 Å². The van der Waals surface area contributed by atoms with Crippen LogP contribution in [-0.4, -0.2) is 81.4 Å². The van der Waals surface area contributed by atoms with E-state index in [1.54, 1.807) is 24.3 Å². The number of aromatic hydroxyl groups is 2.